The predicted octanol–water partition coefficient (Wildman–Crippen LogP) is 4.94. The van der Waals surface area contributed by atoms with Crippen LogP contribution in [0.4, 0.5) is 5.69 Å². The fraction of sp³-hybridized carbons (Fsp3) is 0.417. The first-order valence-corrected chi connectivity index (χ1v) is 14.8. The molecule has 11 heteroatoms. The van der Waals surface area contributed by atoms with Crippen molar-refractivity contribution in [2.75, 3.05) is 23.7 Å². The maximum absolute atomic E-state index is 13.6. The Balaban J connectivity index is 2.44. The zero-order valence-corrected chi connectivity index (χ0v) is 24.6. The fourth-order valence-corrected chi connectivity index (χ4v) is 5.07. The first kappa shape index (κ1) is 29.7. The molecule has 0 saturated carbocycles. The monoisotopic (exact) mass is 653 g/mol. The molecule has 0 fully saturated rings. The van der Waals surface area contributed by atoms with E-state index in [1.54, 1.807) is 49.4 Å². The van der Waals surface area contributed by atoms with Crippen LogP contribution < -0.4 is 9.62 Å². The van der Waals surface area contributed by atoms with Crippen molar-refractivity contribution in [1.29, 1.82) is 0 Å². The van der Waals surface area contributed by atoms with Gasteiger partial charge < -0.3 is 10.2 Å². The highest BCUT2D eigenvalue weighted by atomic mass is 127. The zero-order chi connectivity index (χ0) is 26.3. The Morgan fingerprint density at radius 1 is 1.09 bits per heavy atom. The fourth-order valence-electron chi connectivity index (χ4n) is 3.40. The number of halogens is 3. The van der Waals surface area contributed by atoms with Crippen LogP contribution in [-0.2, 0) is 26.2 Å². The molecule has 0 saturated heterocycles. The molecule has 0 heterocycles. The van der Waals surface area contributed by atoms with E-state index >= 15 is 0 Å². The first-order chi connectivity index (χ1) is 16.3. The summed E-state index contributed by atoms with van der Waals surface area (Å²) in [5.41, 5.74) is 0.961. The average molecular weight is 654 g/mol. The topological polar surface area (TPSA) is 86.8 Å². The van der Waals surface area contributed by atoms with Crippen molar-refractivity contribution in [3.63, 3.8) is 0 Å². The summed E-state index contributed by atoms with van der Waals surface area (Å²) in [6.07, 6.45) is 1.38. The summed E-state index contributed by atoms with van der Waals surface area (Å²) in [6, 6.07) is 10.9. The molecular formula is C24H30Cl2IN3O4S. The molecule has 0 aliphatic rings. The molecule has 1 atom stereocenters. The van der Waals surface area contributed by atoms with E-state index in [2.05, 4.69) is 27.9 Å². The van der Waals surface area contributed by atoms with Gasteiger partial charge in [0.2, 0.25) is 21.8 Å². The second-order valence-electron chi connectivity index (χ2n) is 8.57. The molecule has 2 rings (SSSR count). The van der Waals surface area contributed by atoms with Gasteiger partial charge in [-0.15, -0.1) is 0 Å². The number of nitrogens with zero attached hydrogens (tertiary/aromatic N) is 2. The Morgan fingerprint density at radius 2 is 1.71 bits per heavy atom. The first-order valence-electron chi connectivity index (χ1n) is 11.1. The summed E-state index contributed by atoms with van der Waals surface area (Å²) >= 11 is 14.5. The Labute approximate surface area is 231 Å². The molecule has 0 aliphatic carbocycles. The number of anilines is 1. The van der Waals surface area contributed by atoms with Gasteiger partial charge >= 0.3 is 0 Å². The third-order valence-corrected chi connectivity index (χ3v) is 7.67. The normalized spacial score (nSPS) is 12.3. The predicted molar refractivity (Wildman–Crippen MR) is 150 cm³/mol. The van der Waals surface area contributed by atoms with Gasteiger partial charge in [0.15, 0.2) is 0 Å². The molecule has 1 unspecified atom stereocenters. The van der Waals surface area contributed by atoms with Gasteiger partial charge in [-0.25, -0.2) is 8.42 Å². The molecule has 0 aliphatic heterocycles. The van der Waals surface area contributed by atoms with Crippen molar-refractivity contribution in [2.24, 2.45) is 5.92 Å². The number of sulfonamides is 1. The lowest BCUT2D eigenvalue weighted by Crippen LogP contribution is -2.52. The smallest absolute Gasteiger partial charge is 0.244 e. The van der Waals surface area contributed by atoms with Crippen LogP contribution in [0.2, 0.25) is 10.0 Å². The van der Waals surface area contributed by atoms with Crippen LogP contribution in [0.5, 0.6) is 0 Å². The largest absolute Gasteiger partial charge is 0.354 e. The van der Waals surface area contributed by atoms with E-state index in [-0.39, 0.29) is 18.4 Å². The molecule has 0 radical (unpaired) electrons. The van der Waals surface area contributed by atoms with E-state index in [0.717, 1.165) is 14.1 Å². The molecule has 7 nitrogen and oxygen atoms in total. The van der Waals surface area contributed by atoms with Crippen LogP contribution in [0.1, 0.15) is 32.8 Å². The van der Waals surface area contributed by atoms with Gasteiger partial charge in [-0.2, -0.15) is 0 Å². The van der Waals surface area contributed by atoms with Crippen molar-refractivity contribution in [2.45, 2.75) is 39.8 Å². The summed E-state index contributed by atoms with van der Waals surface area (Å²) in [5, 5.41) is 3.68. The number of amides is 2. The van der Waals surface area contributed by atoms with E-state index in [9.17, 15) is 18.0 Å². The number of carbonyl (C=O) groups excluding carboxylic acids is 2. The van der Waals surface area contributed by atoms with E-state index in [4.69, 9.17) is 23.2 Å². The highest BCUT2D eigenvalue weighted by Gasteiger charge is 2.32. The number of carbonyl (C=O) groups is 2. The minimum atomic E-state index is -3.78. The summed E-state index contributed by atoms with van der Waals surface area (Å²) < 4.78 is 27.2. The van der Waals surface area contributed by atoms with Gasteiger partial charge in [-0.1, -0.05) is 50.0 Å². The van der Waals surface area contributed by atoms with E-state index in [1.807, 2.05) is 13.8 Å². The lowest BCUT2D eigenvalue weighted by molar-refractivity contribution is -0.140. The quantitative estimate of drug-likeness (QED) is 0.348. The zero-order valence-electron chi connectivity index (χ0n) is 20.1. The van der Waals surface area contributed by atoms with E-state index in [1.165, 1.54) is 4.90 Å². The van der Waals surface area contributed by atoms with Crippen LogP contribution in [0.25, 0.3) is 0 Å². The van der Waals surface area contributed by atoms with Gasteiger partial charge in [-0.05, 0) is 76.9 Å². The summed E-state index contributed by atoms with van der Waals surface area (Å²) in [7, 11) is -3.78. The molecule has 0 aromatic heterocycles. The van der Waals surface area contributed by atoms with E-state index in [0.29, 0.717) is 34.3 Å². The SMILES string of the molecule is CCC(C(=O)NCC(C)C)N(Cc1ccc(Cl)cc1Cl)C(=O)CN(c1ccc(I)cc1)S(C)(=O)=O. The maximum Gasteiger partial charge on any atom is 0.244 e. The van der Waals surface area contributed by atoms with Gasteiger partial charge in [0.25, 0.3) is 0 Å². The van der Waals surface area contributed by atoms with Crippen molar-refractivity contribution in [1.82, 2.24) is 10.2 Å². The highest BCUT2D eigenvalue weighted by molar-refractivity contribution is 14.1. The summed E-state index contributed by atoms with van der Waals surface area (Å²) in [4.78, 5) is 28.1. The number of nitrogens with one attached hydrogen (secondary N) is 1. The molecule has 35 heavy (non-hydrogen) atoms. The molecular weight excluding hydrogens is 624 g/mol. The molecule has 2 aromatic carbocycles. The second kappa shape index (κ2) is 13.1. The third kappa shape index (κ3) is 8.80. The standard InChI is InChI=1S/C24H30Cl2IN3O4S/c1-5-22(24(32)28-13-16(2)3)29(14-17-6-7-18(25)12-21(17)26)23(31)15-30(35(4,33)34)20-10-8-19(27)9-11-20/h6-12,16,22H,5,13-15H2,1-4H3,(H,28,32). The number of hydrogen-bond donors (Lipinski definition) is 1. The third-order valence-electron chi connectivity index (χ3n) is 5.22. The molecule has 2 amide bonds. The molecule has 2 aromatic rings. The molecule has 0 spiro atoms. The van der Waals surface area contributed by atoms with Crippen LogP contribution >= 0.6 is 45.8 Å². The Morgan fingerprint density at radius 3 is 2.23 bits per heavy atom. The van der Waals surface area contributed by atoms with Crippen LogP contribution in [0.3, 0.4) is 0 Å². The van der Waals surface area contributed by atoms with Crippen molar-refractivity contribution < 1.29 is 18.0 Å². The van der Waals surface area contributed by atoms with Gasteiger partial charge in [0.05, 0.1) is 11.9 Å². The van der Waals surface area contributed by atoms with E-state index < -0.39 is 28.5 Å². The minimum absolute atomic E-state index is 0.0206. The summed E-state index contributed by atoms with van der Waals surface area (Å²) in [6.45, 7) is 5.77. The summed E-state index contributed by atoms with van der Waals surface area (Å²) in [5.74, 6) is -0.598. The molecule has 1 N–H and O–H groups in total. The molecule has 192 valence electrons. The van der Waals surface area contributed by atoms with Crippen molar-refractivity contribution in [3.8, 4) is 0 Å². The number of benzene rings is 2. The highest BCUT2D eigenvalue weighted by Crippen LogP contribution is 2.25. The van der Waals surface area contributed by atoms with Crippen LogP contribution in [-0.4, -0.2) is 50.5 Å². The average Bonchev–Trinajstić information content (AvgIpc) is 2.77. The second-order valence-corrected chi connectivity index (χ2v) is 12.6. The Hall–Kier alpha value is -1.56. The number of hydrogen-bond acceptors (Lipinski definition) is 4. The Bertz CT molecular complexity index is 1140. The van der Waals surface area contributed by atoms with Crippen LogP contribution in [0, 0.1) is 9.49 Å². The van der Waals surface area contributed by atoms with Gasteiger partial charge in [0, 0.05) is 26.7 Å². The van der Waals surface area contributed by atoms with Crippen LogP contribution in [0.15, 0.2) is 42.5 Å². The number of rotatable bonds is 11. The van der Waals surface area contributed by atoms with Crippen molar-refractivity contribution >= 4 is 73.3 Å². The van der Waals surface area contributed by atoms with Gasteiger partial charge in [-0.3, -0.25) is 13.9 Å². The molecule has 0 bridgehead atoms. The van der Waals surface area contributed by atoms with Gasteiger partial charge in [0.1, 0.15) is 12.6 Å². The minimum Gasteiger partial charge on any atom is -0.354 e. The Kier molecular flexibility index (Phi) is 11.1. The lowest BCUT2D eigenvalue weighted by Gasteiger charge is -2.33. The maximum atomic E-state index is 13.6. The van der Waals surface area contributed by atoms with Crippen molar-refractivity contribution in [3.05, 3.63) is 61.6 Å². The lowest BCUT2D eigenvalue weighted by atomic mass is 10.1.